The molecule has 0 aliphatic carbocycles. The number of carbonyl (C=O) groups is 2. The largest absolute Gasteiger partial charge is 0.482 e. The molecule has 2 aliphatic rings. The summed E-state index contributed by atoms with van der Waals surface area (Å²) in [6.45, 7) is 4.60. The van der Waals surface area contributed by atoms with Gasteiger partial charge in [-0.25, -0.2) is 4.98 Å². The first-order chi connectivity index (χ1) is 12.6. The molecule has 1 aromatic carbocycles. The smallest absolute Gasteiger partial charge is 0.273 e. The van der Waals surface area contributed by atoms with Crippen LogP contribution in [0.1, 0.15) is 21.1 Å². The van der Waals surface area contributed by atoms with Gasteiger partial charge in [-0.3, -0.25) is 14.5 Å². The fraction of sp³-hybridized carbons (Fsp3) is 0.389. The minimum Gasteiger partial charge on any atom is -0.482 e. The second-order valence-corrected chi connectivity index (χ2v) is 7.21. The monoisotopic (exact) mass is 373 g/mol. The van der Waals surface area contributed by atoms with Crippen molar-refractivity contribution in [3.05, 3.63) is 39.8 Å². The number of carbonyl (C=O) groups excluding carboxylic acids is 2. The fourth-order valence-corrected chi connectivity index (χ4v) is 3.79. The van der Waals surface area contributed by atoms with Crippen LogP contribution < -0.4 is 9.64 Å². The van der Waals surface area contributed by atoms with Gasteiger partial charge in [0.15, 0.2) is 6.61 Å². The van der Waals surface area contributed by atoms with Gasteiger partial charge in [0.1, 0.15) is 16.5 Å². The standard InChI is InChI=1S/C18H19N3O4S/c1-12-2-3-15-14(8-12)21(17(22)10-25-15)9-16-19-13(11-26-16)18(23)20-4-6-24-7-5-20/h2-3,8,11H,4-7,9-10H2,1H3. The maximum Gasteiger partial charge on any atom is 0.273 e. The fourth-order valence-electron chi connectivity index (χ4n) is 3.03. The molecule has 0 spiro atoms. The molecule has 0 saturated carbocycles. The van der Waals surface area contributed by atoms with Crippen molar-refractivity contribution >= 4 is 28.8 Å². The van der Waals surface area contributed by atoms with Crippen LogP contribution in [0.5, 0.6) is 5.75 Å². The summed E-state index contributed by atoms with van der Waals surface area (Å²) in [6.07, 6.45) is 0. The van der Waals surface area contributed by atoms with E-state index in [0.29, 0.717) is 44.3 Å². The summed E-state index contributed by atoms with van der Waals surface area (Å²) in [5.41, 5.74) is 2.23. The highest BCUT2D eigenvalue weighted by Gasteiger charge is 2.27. The average Bonchev–Trinajstić information content (AvgIpc) is 3.13. The predicted octanol–water partition coefficient (Wildman–Crippen LogP) is 1.85. The number of morpholine rings is 1. The van der Waals surface area contributed by atoms with Gasteiger partial charge in [0, 0.05) is 18.5 Å². The van der Waals surface area contributed by atoms with E-state index >= 15 is 0 Å². The zero-order valence-corrected chi connectivity index (χ0v) is 15.3. The van der Waals surface area contributed by atoms with Crippen molar-refractivity contribution in [1.82, 2.24) is 9.88 Å². The number of thiazole rings is 1. The lowest BCUT2D eigenvalue weighted by Crippen LogP contribution is -2.41. The molecule has 0 atom stereocenters. The third-order valence-electron chi connectivity index (χ3n) is 4.42. The Hall–Kier alpha value is -2.45. The Morgan fingerprint density at radius 3 is 2.92 bits per heavy atom. The first-order valence-electron chi connectivity index (χ1n) is 8.47. The molecule has 1 saturated heterocycles. The summed E-state index contributed by atoms with van der Waals surface area (Å²) in [7, 11) is 0. The van der Waals surface area contributed by atoms with Crippen LogP contribution >= 0.6 is 11.3 Å². The molecule has 2 aliphatic heterocycles. The van der Waals surface area contributed by atoms with Gasteiger partial charge in [-0.1, -0.05) is 6.07 Å². The Morgan fingerprint density at radius 1 is 1.31 bits per heavy atom. The Bertz CT molecular complexity index is 845. The zero-order valence-electron chi connectivity index (χ0n) is 14.4. The summed E-state index contributed by atoms with van der Waals surface area (Å²) >= 11 is 1.39. The number of benzene rings is 1. The van der Waals surface area contributed by atoms with E-state index in [0.717, 1.165) is 16.3 Å². The summed E-state index contributed by atoms with van der Waals surface area (Å²) in [6, 6.07) is 5.76. The van der Waals surface area contributed by atoms with Crippen molar-refractivity contribution in [3.63, 3.8) is 0 Å². The van der Waals surface area contributed by atoms with Crippen LogP contribution in [0.15, 0.2) is 23.6 Å². The number of aromatic nitrogens is 1. The number of hydrogen-bond donors (Lipinski definition) is 0. The van der Waals surface area contributed by atoms with E-state index in [1.807, 2.05) is 25.1 Å². The molecule has 26 heavy (non-hydrogen) atoms. The van der Waals surface area contributed by atoms with Gasteiger partial charge < -0.3 is 14.4 Å². The number of anilines is 1. The first kappa shape index (κ1) is 17.0. The minimum atomic E-state index is -0.112. The number of nitrogens with zero attached hydrogens (tertiary/aromatic N) is 3. The van der Waals surface area contributed by atoms with Crippen LogP contribution in [0.3, 0.4) is 0 Å². The van der Waals surface area contributed by atoms with Crippen LogP contribution in [-0.2, 0) is 16.1 Å². The van der Waals surface area contributed by atoms with E-state index in [4.69, 9.17) is 9.47 Å². The molecule has 2 amide bonds. The van der Waals surface area contributed by atoms with E-state index in [1.165, 1.54) is 11.3 Å². The van der Waals surface area contributed by atoms with Crippen LogP contribution in [0, 0.1) is 6.92 Å². The van der Waals surface area contributed by atoms with E-state index in [-0.39, 0.29) is 18.4 Å². The molecule has 1 aromatic heterocycles. The number of hydrogen-bond acceptors (Lipinski definition) is 6. The average molecular weight is 373 g/mol. The number of aryl methyl sites for hydroxylation is 1. The molecule has 0 radical (unpaired) electrons. The summed E-state index contributed by atoms with van der Waals surface area (Å²) in [5.74, 6) is 0.496. The van der Waals surface area contributed by atoms with Crippen LogP contribution in [0.4, 0.5) is 5.69 Å². The summed E-state index contributed by atoms with van der Waals surface area (Å²) < 4.78 is 10.8. The van der Waals surface area contributed by atoms with E-state index in [2.05, 4.69) is 4.98 Å². The molecule has 0 bridgehead atoms. The summed E-state index contributed by atoms with van der Waals surface area (Å²) in [5, 5.41) is 2.49. The van der Waals surface area contributed by atoms with Gasteiger partial charge in [0.25, 0.3) is 11.8 Å². The molecule has 136 valence electrons. The highest BCUT2D eigenvalue weighted by atomic mass is 32.1. The molecule has 4 rings (SSSR count). The van der Waals surface area contributed by atoms with Crippen LogP contribution in [0.25, 0.3) is 0 Å². The predicted molar refractivity (Wildman–Crippen MR) is 96.7 cm³/mol. The third kappa shape index (κ3) is 3.30. The Kier molecular flexibility index (Phi) is 4.60. The number of rotatable bonds is 3. The van der Waals surface area contributed by atoms with E-state index in [1.54, 1.807) is 15.2 Å². The number of ether oxygens (including phenoxy) is 2. The van der Waals surface area contributed by atoms with E-state index < -0.39 is 0 Å². The quantitative estimate of drug-likeness (QED) is 0.821. The lowest BCUT2D eigenvalue weighted by atomic mass is 10.1. The third-order valence-corrected chi connectivity index (χ3v) is 5.25. The van der Waals surface area contributed by atoms with Crippen molar-refractivity contribution in [2.45, 2.75) is 13.5 Å². The first-order valence-corrected chi connectivity index (χ1v) is 9.35. The second kappa shape index (κ2) is 7.05. The van der Waals surface area contributed by atoms with Crippen molar-refractivity contribution in [1.29, 1.82) is 0 Å². The Morgan fingerprint density at radius 2 is 2.12 bits per heavy atom. The lowest BCUT2D eigenvalue weighted by molar-refractivity contribution is -0.121. The SMILES string of the molecule is Cc1ccc2c(c1)N(Cc1nc(C(=O)N3CCOCC3)cs1)C(=O)CO2. The normalized spacial score (nSPS) is 17.0. The molecule has 7 nitrogen and oxygen atoms in total. The van der Waals surface area contributed by atoms with Gasteiger partial charge in [-0.05, 0) is 24.6 Å². The molecule has 2 aromatic rings. The van der Waals surface area contributed by atoms with Crippen molar-refractivity contribution in [2.24, 2.45) is 0 Å². The molecular weight excluding hydrogens is 354 g/mol. The van der Waals surface area contributed by atoms with Gasteiger partial charge in [-0.2, -0.15) is 0 Å². The molecule has 3 heterocycles. The lowest BCUT2D eigenvalue weighted by Gasteiger charge is -2.29. The van der Waals surface area contributed by atoms with Gasteiger partial charge in [0.05, 0.1) is 25.4 Å². The topological polar surface area (TPSA) is 72.0 Å². The van der Waals surface area contributed by atoms with Crippen LogP contribution in [0.2, 0.25) is 0 Å². The van der Waals surface area contributed by atoms with Gasteiger partial charge >= 0.3 is 0 Å². The Labute approximate surface area is 155 Å². The maximum atomic E-state index is 12.5. The molecular formula is C18H19N3O4S. The molecule has 1 fully saturated rings. The minimum absolute atomic E-state index is 0.0149. The second-order valence-electron chi connectivity index (χ2n) is 6.27. The number of amides is 2. The Balaban J connectivity index is 1.53. The van der Waals surface area contributed by atoms with Gasteiger partial charge in [-0.15, -0.1) is 11.3 Å². The highest BCUT2D eigenvalue weighted by molar-refractivity contribution is 7.09. The number of fused-ring (bicyclic) bond motifs is 1. The van der Waals surface area contributed by atoms with Crippen LogP contribution in [-0.4, -0.2) is 54.6 Å². The van der Waals surface area contributed by atoms with Gasteiger partial charge in [0.2, 0.25) is 0 Å². The summed E-state index contributed by atoms with van der Waals surface area (Å²) in [4.78, 5) is 32.8. The molecule has 0 N–H and O–H groups in total. The maximum absolute atomic E-state index is 12.5. The highest BCUT2D eigenvalue weighted by Crippen LogP contribution is 2.34. The zero-order chi connectivity index (χ0) is 18.1. The van der Waals surface area contributed by atoms with Crippen molar-refractivity contribution in [2.75, 3.05) is 37.8 Å². The van der Waals surface area contributed by atoms with E-state index in [9.17, 15) is 9.59 Å². The molecule has 0 unspecified atom stereocenters. The van der Waals surface area contributed by atoms with Crippen molar-refractivity contribution in [3.8, 4) is 5.75 Å². The molecule has 8 heteroatoms. The van der Waals surface area contributed by atoms with Crippen molar-refractivity contribution < 1.29 is 19.1 Å².